The average Bonchev–Trinajstić information content (AvgIpc) is 2.71. The highest BCUT2D eigenvalue weighted by Gasteiger charge is 2.08. The van der Waals surface area contributed by atoms with Crippen LogP contribution in [0.1, 0.15) is 16.7 Å². The summed E-state index contributed by atoms with van der Waals surface area (Å²) in [4.78, 5) is 11.8. The van der Waals surface area contributed by atoms with Gasteiger partial charge in [0.1, 0.15) is 5.75 Å². The first kappa shape index (κ1) is 22.3. The third-order valence-electron chi connectivity index (χ3n) is 4.31. The van der Waals surface area contributed by atoms with Crippen LogP contribution in [0.5, 0.6) is 5.75 Å². The molecule has 154 valence electrons. The summed E-state index contributed by atoms with van der Waals surface area (Å²) in [6, 6.07) is 21.1. The number of benzene rings is 3. The van der Waals surface area contributed by atoms with Crippen molar-refractivity contribution < 1.29 is 14.6 Å². The Balaban J connectivity index is 1.80. The highest BCUT2D eigenvalue weighted by Crippen LogP contribution is 2.30. The molecule has 0 aliphatic carbocycles. The molecule has 3 aromatic rings. The van der Waals surface area contributed by atoms with E-state index in [4.69, 9.17) is 33.0 Å². The first-order valence-electron chi connectivity index (χ1n) is 9.22. The van der Waals surface area contributed by atoms with E-state index in [0.717, 1.165) is 32.9 Å². The van der Waals surface area contributed by atoms with E-state index >= 15 is 0 Å². The number of ether oxygens (including phenoxy) is 1. The second-order valence-electron chi connectivity index (χ2n) is 6.56. The maximum Gasteiger partial charge on any atom is 0.341 e. The van der Waals surface area contributed by atoms with Crippen LogP contribution in [0.2, 0.25) is 10.0 Å². The molecule has 0 bridgehead atoms. The molecule has 1 N–H and O–H groups in total. The van der Waals surface area contributed by atoms with Crippen molar-refractivity contribution in [2.45, 2.75) is 11.8 Å². The minimum Gasteiger partial charge on any atom is -0.482 e. The number of rotatable bonds is 8. The Morgan fingerprint density at radius 3 is 2.17 bits per heavy atom. The van der Waals surface area contributed by atoms with E-state index in [1.54, 1.807) is 17.8 Å². The second-order valence-corrected chi connectivity index (χ2v) is 8.49. The van der Waals surface area contributed by atoms with E-state index in [-0.39, 0.29) is 6.61 Å². The highest BCUT2D eigenvalue weighted by molar-refractivity contribution is 7.99. The van der Waals surface area contributed by atoms with Crippen LogP contribution in [0.3, 0.4) is 0 Å². The molecule has 0 amide bonds. The molecule has 0 saturated carbocycles. The Morgan fingerprint density at radius 2 is 1.63 bits per heavy atom. The predicted octanol–water partition coefficient (Wildman–Crippen LogP) is 6.99. The zero-order valence-corrected chi connectivity index (χ0v) is 18.6. The number of aliphatic carboxylic acids is 1. The Kier molecular flexibility index (Phi) is 7.86. The van der Waals surface area contributed by atoms with E-state index in [2.05, 4.69) is 6.08 Å². The number of carboxylic acids is 1. The van der Waals surface area contributed by atoms with Crippen molar-refractivity contribution in [3.63, 3.8) is 0 Å². The molecule has 0 spiro atoms. The maximum absolute atomic E-state index is 10.7. The normalized spacial score (nSPS) is 10.5. The van der Waals surface area contributed by atoms with E-state index < -0.39 is 5.97 Å². The van der Waals surface area contributed by atoms with E-state index in [0.29, 0.717) is 15.8 Å². The number of aryl methyl sites for hydroxylation is 1. The van der Waals surface area contributed by atoms with Gasteiger partial charge in [0.05, 0.1) is 0 Å². The number of hydrogen-bond acceptors (Lipinski definition) is 3. The molecule has 3 nitrogen and oxygen atoms in total. The molecule has 0 aliphatic rings. The summed E-state index contributed by atoms with van der Waals surface area (Å²) in [5.74, 6) is 0.295. The quantitative estimate of drug-likeness (QED) is 0.369. The van der Waals surface area contributed by atoms with E-state index in [1.807, 2.05) is 67.6 Å². The SMILES string of the molecule is Cc1cc(OCC(=O)O)ccc1SCC=C(c1cccc(Cl)c1)c1cccc(Cl)c1. The van der Waals surface area contributed by atoms with E-state index in [1.165, 1.54) is 0 Å². The molecule has 0 aromatic heterocycles. The van der Waals surface area contributed by atoms with Crippen LogP contribution >= 0.6 is 35.0 Å². The van der Waals surface area contributed by atoms with Crippen molar-refractivity contribution in [3.8, 4) is 5.75 Å². The van der Waals surface area contributed by atoms with Gasteiger partial charge in [-0.25, -0.2) is 4.79 Å². The van der Waals surface area contributed by atoms with Crippen LogP contribution in [0.25, 0.3) is 5.57 Å². The summed E-state index contributed by atoms with van der Waals surface area (Å²) in [6.07, 6.45) is 2.16. The molecule has 0 heterocycles. The van der Waals surface area contributed by atoms with Gasteiger partial charge in [-0.1, -0.05) is 53.5 Å². The smallest absolute Gasteiger partial charge is 0.341 e. The summed E-state index contributed by atoms with van der Waals surface area (Å²) >= 11 is 14.1. The number of carboxylic acid groups (broad SMARTS) is 1. The largest absolute Gasteiger partial charge is 0.482 e. The fourth-order valence-electron chi connectivity index (χ4n) is 2.95. The fourth-order valence-corrected chi connectivity index (χ4v) is 4.21. The zero-order valence-electron chi connectivity index (χ0n) is 16.3. The molecule has 6 heteroatoms. The fraction of sp³-hybridized carbons (Fsp3) is 0.125. The molecule has 0 saturated heterocycles. The molecule has 0 aliphatic heterocycles. The van der Waals surface area contributed by atoms with Gasteiger partial charge in [-0.3, -0.25) is 0 Å². The second kappa shape index (κ2) is 10.6. The average molecular weight is 459 g/mol. The van der Waals surface area contributed by atoms with Crippen molar-refractivity contribution in [2.24, 2.45) is 0 Å². The summed E-state index contributed by atoms with van der Waals surface area (Å²) in [7, 11) is 0. The molecule has 3 aromatic carbocycles. The van der Waals surface area contributed by atoms with Gasteiger partial charge in [0.25, 0.3) is 0 Å². The first-order valence-corrected chi connectivity index (χ1v) is 11.0. The molecule has 0 atom stereocenters. The van der Waals surface area contributed by atoms with Gasteiger partial charge in [-0.2, -0.15) is 0 Å². The lowest BCUT2D eigenvalue weighted by atomic mass is 9.98. The standard InChI is InChI=1S/C24H20Cl2O3S/c1-16-12-21(29-15-24(27)28)8-9-23(16)30-11-10-22(17-4-2-6-19(25)13-17)18-5-3-7-20(26)14-18/h2-10,12-14H,11,15H2,1H3,(H,27,28). The Morgan fingerprint density at radius 1 is 1.00 bits per heavy atom. The van der Waals surface area contributed by atoms with Gasteiger partial charge >= 0.3 is 5.97 Å². The Labute approximate surface area is 190 Å². The van der Waals surface area contributed by atoms with Gasteiger partial charge in [0.2, 0.25) is 0 Å². The van der Waals surface area contributed by atoms with Gasteiger partial charge in [-0.15, -0.1) is 11.8 Å². The number of thioether (sulfide) groups is 1. The maximum atomic E-state index is 10.7. The third kappa shape index (κ3) is 6.30. The molecule has 3 rings (SSSR count). The molecule has 0 unspecified atom stereocenters. The molecular formula is C24H20Cl2O3S. The van der Waals surface area contributed by atoms with Crippen molar-refractivity contribution >= 4 is 46.5 Å². The van der Waals surface area contributed by atoms with Crippen LogP contribution in [0.4, 0.5) is 0 Å². The number of carbonyl (C=O) groups is 1. The minimum atomic E-state index is -0.995. The molecule has 0 radical (unpaired) electrons. The minimum absolute atomic E-state index is 0.350. The predicted molar refractivity (Wildman–Crippen MR) is 125 cm³/mol. The van der Waals surface area contributed by atoms with Crippen LogP contribution in [-0.2, 0) is 4.79 Å². The van der Waals surface area contributed by atoms with Crippen LogP contribution in [-0.4, -0.2) is 23.4 Å². The van der Waals surface area contributed by atoms with Crippen molar-refractivity contribution in [2.75, 3.05) is 12.4 Å². The number of halogens is 2. The lowest BCUT2D eigenvalue weighted by molar-refractivity contribution is -0.139. The Hall–Kier alpha value is -2.40. The van der Waals surface area contributed by atoms with Crippen molar-refractivity contribution in [1.29, 1.82) is 0 Å². The van der Waals surface area contributed by atoms with Crippen molar-refractivity contribution in [1.82, 2.24) is 0 Å². The zero-order chi connectivity index (χ0) is 21.5. The summed E-state index contributed by atoms with van der Waals surface area (Å²) in [5, 5.41) is 10.1. The summed E-state index contributed by atoms with van der Waals surface area (Å²) in [6.45, 7) is 1.63. The summed E-state index contributed by atoms with van der Waals surface area (Å²) < 4.78 is 5.24. The van der Waals surface area contributed by atoms with E-state index in [9.17, 15) is 4.79 Å². The summed E-state index contributed by atoms with van der Waals surface area (Å²) in [5.41, 5.74) is 4.15. The lowest BCUT2D eigenvalue weighted by Gasteiger charge is -2.11. The third-order valence-corrected chi connectivity index (χ3v) is 5.88. The Bertz CT molecular complexity index is 1030. The van der Waals surface area contributed by atoms with Gasteiger partial charge in [0, 0.05) is 20.7 Å². The topological polar surface area (TPSA) is 46.5 Å². The lowest BCUT2D eigenvalue weighted by Crippen LogP contribution is -2.09. The highest BCUT2D eigenvalue weighted by atomic mass is 35.5. The monoisotopic (exact) mass is 458 g/mol. The molecular weight excluding hydrogens is 439 g/mol. The molecule has 30 heavy (non-hydrogen) atoms. The first-order chi connectivity index (χ1) is 14.4. The van der Waals surface area contributed by atoms with Gasteiger partial charge in [-0.05, 0) is 71.7 Å². The van der Waals surface area contributed by atoms with Gasteiger partial charge < -0.3 is 9.84 Å². The number of hydrogen-bond donors (Lipinski definition) is 1. The van der Waals surface area contributed by atoms with Crippen molar-refractivity contribution in [3.05, 3.63) is 99.5 Å². The van der Waals surface area contributed by atoms with Crippen LogP contribution in [0, 0.1) is 6.92 Å². The van der Waals surface area contributed by atoms with Crippen LogP contribution in [0.15, 0.2) is 77.7 Å². The molecule has 0 fully saturated rings. The van der Waals surface area contributed by atoms with Gasteiger partial charge in [0.15, 0.2) is 6.61 Å². The van der Waals surface area contributed by atoms with Crippen LogP contribution < -0.4 is 4.74 Å².